The number of thioether (sulfide) groups is 1. The Morgan fingerprint density at radius 1 is 1.42 bits per heavy atom. The molecule has 1 N–H and O–H groups in total. The molecule has 2 rings (SSSR count). The van der Waals surface area contributed by atoms with Gasteiger partial charge in [-0.1, -0.05) is 18.2 Å². The molecule has 1 saturated carbocycles. The summed E-state index contributed by atoms with van der Waals surface area (Å²) in [5, 5.41) is 3.24. The summed E-state index contributed by atoms with van der Waals surface area (Å²) in [6, 6.07) is 10.2. The fraction of sp³-hybridized carbons (Fsp3) is 0.533. The third kappa shape index (κ3) is 3.31. The second-order valence-electron chi connectivity index (χ2n) is 4.82. The van der Waals surface area contributed by atoms with Crippen molar-refractivity contribution < 1.29 is 9.53 Å². The molecule has 0 bridgehead atoms. The molecule has 1 aliphatic rings. The minimum atomic E-state index is -0.531. The summed E-state index contributed by atoms with van der Waals surface area (Å²) in [5.41, 5.74) is -0.531. The fourth-order valence-corrected chi connectivity index (χ4v) is 3.51. The number of carbonyl (C=O) groups is 1. The van der Waals surface area contributed by atoms with Crippen LogP contribution in [0.1, 0.15) is 19.8 Å². The predicted octanol–water partition coefficient (Wildman–Crippen LogP) is 2.71. The molecule has 3 nitrogen and oxygen atoms in total. The first-order valence-electron chi connectivity index (χ1n) is 6.77. The monoisotopic (exact) mass is 279 g/mol. The molecular formula is C15H21NO2S. The van der Waals surface area contributed by atoms with E-state index < -0.39 is 5.54 Å². The van der Waals surface area contributed by atoms with Crippen LogP contribution < -0.4 is 5.32 Å². The molecule has 19 heavy (non-hydrogen) atoms. The topological polar surface area (TPSA) is 38.3 Å². The van der Waals surface area contributed by atoms with Crippen LogP contribution in [0.25, 0.3) is 0 Å². The summed E-state index contributed by atoms with van der Waals surface area (Å²) in [7, 11) is 1.86. The molecule has 104 valence electrons. The third-order valence-corrected chi connectivity index (χ3v) is 4.77. The molecule has 0 aromatic heterocycles. The van der Waals surface area contributed by atoms with Gasteiger partial charge in [0.15, 0.2) is 0 Å². The fourth-order valence-electron chi connectivity index (χ4n) is 2.27. The van der Waals surface area contributed by atoms with Crippen molar-refractivity contribution in [2.24, 2.45) is 5.92 Å². The molecule has 0 aliphatic heterocycles. The molecule has 0 saturated heterocycles. The molecule has 0 spiro atoms. The van der Waals surface area contributed by atoms with Crippen molar-refractivity contribution in [1.29, 1.82) is 0 Å². The summed E-state index contributed by atoms with van der Waals surface area (Å²) in [6.07, 6.45) is 2.21. The number of ether oxygens (including phenoxy) is 1. The van der Waals surface area contributed by atoms with E-state index in [-0.39, 0.29) is 5.97 Å². The van der Waals surface area contributed by atoms with Gasteiger partial charge in [0, 0.05) is 10.6 Å². The number of esters is 1. The Morgan fingerprint density at radius 2 is 2.11 bits per heavy atom. The van der Waals surface area contributed by atoms with Gasteiger partial charge in [0.2, 0.25) is 0 Å². The Bertz CT molecular complexity index is 419. The van der Waals surface area contributed by atoms with Crippen molar-refractivity contribution in [3.8, 4) is 0 Å². The lowest BCUT2D eigenvalue weighted by atomic mass is 9.96. The normalized spacial score (nSPS) is 17.8. The highest BCUT2D eigenvalue weighted by atomic mass is 32.2. The van der Waals surface area contributed by atoms with Crippen molar-refractivity contribution in [1.82, 2.24) is 5.32 Å². The maximum absolute atomic E-state index is 12.3. The summed E-state index contributed by atoms with van der Waals surface area (Å²) in [6.45, 7) is 2.29. The van der Waals surface area contributed by atoms with Crippen molar-refractivity contribution in [3.05, 3.63) is 30.3 Å². The van der Waals surface area contributed by atoms with Gasteiger partial charge in [-0.05, 0) is 44.9 Å². The van der Waals surface area contributed by atoms with E-state index in [4.69, 9.17) is 4.74 Å². The van der Waals surface area contributed by atoms with Crippen LogP contribution in [-0.2, 0) is 9.53 Å². The molecule has 0 heterocycles. The van der Waals surface area contributed by atoms with Crippen molar-refractivity contribution in [2.75, 3.05) is 19.4 Å². The zero-order valence-electron chi connectivity index (χ0n) is 11.5. The maximum atomic E-state index is 12.3. The largest absolute Gasteiger partial charge is 0.465 e. The average Bonchev–Trinajstić information content (AvgIpc) is 3.27. The van der Waals surface area contributed by atoms with Gasteiger partial charge in [-0.15, -0.1) is 11.8 Å². The van der Waals surface area contributed by atoms with E-state index in [1.165, 1.54) is 4.90 Å². The van der Waals surface area contributed by atoms with Crippen LogP contribution >= 0.6 is 11.8 Å². The van der Waals surface area contributed by atoms with Gasteiger partial charge in [0.1, 0.15) is 5.54 Å². The number of hydrogen-bond acceptors (Lipinski definition) is 4. The Labute approximate surface area is 119 Å². The van der Waals surface area contributed by atoms with Gasteiger partial charge < -0.3 is 10.1 Å². The van der Waals surface area contributed by atoms with Gasteiger partial charge in [0.05, 0.1) is 6.61 Å². The molecule has 0 radical (unpaired) electrons. The number of likely N-dealkylation sites (N-methyl/N-ethyl adjacent to an activating group) is 1. The lowest BCUT2D eigenvalue weighted by Crippen LogP contribution is -2.55. The second kappa shape index (κ2) is 6.44. The number of hydrogen-bond donors (Lipinski definition) is 1. The van der Waals surface area contributed by atoms with Crippen LogP contribution in [0.5, 0.6) is 0 Å². The summed E-state index contributed by atoms with van der Waals surface area (Å²) >= 11 is 1.71. The molecule has 1 aromatic carbocycles. The minimum absolute atomic E-state index is 0.108. The first-order chi connectivity index (χ1) is 9.23. The van der Waals surface area contributed by atoms with Gasteiger partial charge in [-0.2, -0.15) is 0 Å². The summed E-state index contributed by atoms with van der Waals surface area (Å²) in [4.78, 5) is 13.5. The second-order valence-corrected chi connectivity index (χ2v) is 5.87. The molecule has 1 unspecified atom stereocenters. The van der Waals surface area contributed by atoms with E-state index in [0.717, 1.165) is 18.6 Å². The third-order valence-electron chi connectivity index (χ3n) is 3.57. The number of rotatable bonds is 7. The first kappa shape index (κ1) is 14.4. The van der Waals surface area contributed by atoms with E-state index in [1.54, 1.807) is 11.8 Å². The number of carbonyl (C=O) groups excluding carboxylic acids is 1. The highest BCUT2D eigenvalue weighted by Crippen LogP contribution is 2.43. The Balaban J connectivity index is 2.07. The van der Waals surface area contributed by atoms with Gasteiger partial charge in [-0.25, -0.2) is 0 Å². The number of nitrogens with one attached hydrogen (secondary N) is 1. The molecule has 1 aromatic rings. The van der Waals surface area contributed by atoms with Crippen LogP contribution in [0.2, 0.25) is 0 Å². The summed E-state index contributed by atoms with van der Waals surface area (Å²) in [5.74, 6) is 1.02. The van der Waals surface area contributed by atoms with Gasteiger partial charge in [-0.3, -0.25) is 4.79 Å². The standard InChI is InChI=1S/C15H21NO2S/c1-3-18-14(17)15(16-2,12-9-10-12)11-19-13-7-5-4-6-8-13/h4-8,12,16H,3,9-11H2,1-2H3. The van der Waals surface area contributed by atoms with E-state index >= 15 is 0 Å². The van der Waals surface area contributed by atoms with Crippen LogP contribution in [-0.4, -0.2) is 30.9 Å². The van der Waals surface area contributed by atoms with Crippen LogP contribution in [0, 0.1) is 5.92 Å². The molecule has 4 heteroatoms. The Morgan fingerprint density at radius 3 is 2.63 bits per heavy atom. The highest BCUT2D eigenvalue weighted by Gasteiger charge is 2.51. The molecular weight excluding hydrogens is 258 g/mol. The Kier molecular flexibility index (Phi) is 4.88. The minimum Gasteiger partial charge on any atom is -0.465 e. The lowest BCUT2D eigenvalue weighted by Gasteiger charge is -2.30. The molecule has 1 aliphatic carbocycles. The quantitative estimate of drug-likeness (QED) is 0.615. The van der Waals surface area contributed by atoms with Crippen molar-refractivity contribution in [3.63, 3.8) is 0 Å². The van der Waals surface area contributed by atoms with Crippen LogP contribution in [0.4, 0.5) is 0 Å². The summed E-state index contributed by atoms with van der Waals surface area (Å²) < 4.78 is 5.27. The van der Waals surface area contributed by atoms with Crippen LogP contribution in [0.3, 0.4) is 0 Å². The van der Waals surface area contributed by atoms with Gasteiger partial charge in [0.25, 0.3) is 0 Å². The van der Waals surface area contributed by atoms with E-state index in [0.29, 0.717) is 12.5 Å². The smallest absolute Gasteiger partial charge is 0.327 e. The SMILES string of the molecule is CCOC(=O)C(CSc1ccccc1)(NC)C1CC1. The Hall–Kier alpha value is -1.00. The molecule has 1 atom stereocenters. The van der Waals surface area contributed by atoms with Crippen molar-refractivity contribution >= 4 is 17.7 Å². The van der Waals surface area contributed by atoms with E-state index in [9.17, 15) is 4.79 Å². The van der Waals surface area contributed by atoms with Crippen LogP contribution in [0.15, 0.2) is 35.2 Å². The zero-order chi connectivity index (χ0) is 13.7. The predicted molar refractivity (Wildman–Crippen MR) is 78.3 cm³/mol. The maximum Gasteiger partial charge on any atom is 0.327 e. The average molecular weight is 279 g/mol. The van der Waals surface area contributed by atoms with Gasteiger partial charge >= 0.3 is 5.97 Å². The zero-order valence-corrected chi connectivity index (χ0v) is 12.3. The first-order valence-corrected chi connectivity index (χ1v) is 7.75. The lowest BCUT2D eigenvalue weighted by molar-refractivity contribution is -0.150. The molecule has 0 amide bonds. The highest BCUT2D eigenvalue weighted by molar-refractivity contribution is 7.99. The molecule has 1 fully saturated rings. The van der Waals surface area contributed by atoms with E-state index in [1.807, 2.05) is 32.2 Å². The van der Waals surface area contributed by atoms with Crippen molar-refractivity contribution in [2.45, 2.75) is 30.2 Å². The van der Waals surface area contributed by atoms with E-state index in [2.05, 4.69) is 17.4 Å². The number of benzene rings is 1.